The van der Waals surface area contributed by atoms with E-state index in [0.717, 1.165) is 16.8 Å². The number of fused-ring (bicyclic) bond motifs is 1. The largest absolute Gasteiger partial charge is 0.493 e. The van der Waals surface area contributed by atoms with Gasteiger partial charge in [0.25, 0.3) is 0 Å². The molecular formula is C19H21NO3. The number of methoxy groups -OCH3 is 1. The number of benzene rings is 2. The molecule has 0 radical (unpaired) electrons. The van der Waals surface area contributed by atoms with Crippen molar-refractivity contribution in [2.45, 2.75) is 32.4 Å². The standard InChI is InChI=1S/C19H21NO3/c1-12(2)23-18-9-8-13(10-19(18)22-3)16-11-17(21)14-6-4-5-7-15(14)20-16/h4-10,12,16,20H,11H2,1-3H3. The Morgan fingerprint density at radius 1 is 1.13 bits per heavy atom. The molecule has 4 nitrogen and oxygen atoms in total. The van der Waals surface area contributed by atoms with Crippen LogP contribution in [0, 0.1) is 0 Å². The maximum Gasteiger partial charge on any atom is 0.167 e. The first-order valence-corrected chi connectivity index (χ1v) is 7.82. The smallest absolute Gasteiger partial charge is 0.167 e. The summed E-state index contributed by atoms with van der Waals surface area (Å²) < 4.78 is 11.2. The molecule has 120 valence electrons. The van der Waals surface area contributed by atoms with Crippen molar-refractivity contribution in [2.24, 2.45) is 0 Å². The molecular weight excluding hydrogens is 290 g/mol. The average Bonchev–Trinajstić information content (AvgIpc) is 2.54. The van der Waals surface area contributed by atoms with Gasteiger partial charge in [-0.05, 0) is 43.7 Å². The van der Waals surface area contributed by atoms with E-state index >= 15 is 0 Å². The third kappa shape index (κ3) is 3.16. The fourth-order valence-corrected chi connectivity index (χ4v) is 2.84. The summed E-state index contributed by atoms with van der Waals surface area (Å²) in [7, 11) is 1.63. The normalized spacial score (nSPS) is 16.7. The van der Waals surface area contributed by atoms with E-state index in [4.69, 9.17) is 9.47 Å². The van der Waals surface area contributed by atoms with Crippen molar-refractivity contribution in [1.82, 2.24) is 0 Å². The van der Waals surface area contributed by atoms with Crippen molar-refractivity contribution >= 4 is 11.5 Å². The highest BCUT2D eigenvalue weighted by molar-refractivity contribution is 6.03. The quantitative estimate of drug-likeness (QED) is 0.918. The summed E-state index contributed by atoms with van der Waals surface area (Å²) in [6, 6.07) is 13.4. The molecule has 1 aliphatic rings. The average molecular weight is 311 g/mol. The highest BCUT2D eigenvalue weighted by Crippen LogP contribution is 2.36. The van der Waals surface area contributed by atoms with Crippen LogP contribution in [0.1, 0.15) is 42.2 Å². The van der Waals surface area contributed by atoms with E-state index in [1.807, 2.05) is 56.3 Å². The van der Waals surface area contributed by atoms with Gasteiger partial charge in [-0.1, -0.05) is 18.2 Å². The molecule has 0 aromatic heterocycles. The minimum Gasteiger partial charge on any atom is -0.493 e. The number of hydrogen-bond acceptors (Lipinski definition) is 4. The van der Waals surface area contributed by atoms with E-state index in [2.05, 4.69) is 5.32 Å². The lowest BCUT2D eigenvalue weighted by Crippen LogP contribution is -2.22. The zero-order chi connectivity index (χ0) is 16.4. The zero-order valence-corrected chi connectivity index (χ0v) is 13.6. The Morgan fingerprint density at radius 2 is 1.91 bits per heavy atom. The van der Waals surface area contributed by atoms with Gasteiger partial charge >= 0.3 is 0 Å². The molecule has 0 saturated carbocycles. The van der Waals surface area contributed by atoms with Crippen molar-refractivity contribution in [3.05, 3.63) is 53.6 Å². The molecule has 3 rings (SSSR count). The molecule has 0 aliphatic carbocycles. The monoisotopic (exact) mass is 311 g/mol. The topological polar surface area (TPSA) is 47.6 Å². The van der Waals surface area contributed by atoms with Gasteiger partial charge in [-0.25, -0.2) is 0 Å². The van der Waals surface area contributed by atoms with Crippen molar-refractivity contribution in [1.29, 1.82) is 0 Å². The summed E-state index contributed by atoms with van der Waals surface area (Å²) in [6.07, 6.45) is 0.515. The third-order valence-electron chi connectivity index (χ3n) is 3.90. The van der Waals surface area contributed by atoms with Gasteiger partial charge in [-0.3, -0.25) is 4.79 Å². The maximum atomic E-state index is 12.3. The number of ketones is 1. The molecule has 0 spiro atoms. The third-order valence-corrected chi connectivity index (χ3v) is 3.90. The first-order valence-electron chi connectivity index (χ1n) is 7.82. The second-order valence-corrected chi connectivity index (χ2v) is 5.95. The van der Waals surface area contributed by atoms with Crippen molar-refractivity contribution in [2.75, 3.05) is 12.4 Å². The van der Waals surface area contributed by atoms with E-state index in [9.17, 15) is 4.79 Å². The van der Waals surface area contributed by atoms with Crippen LogP contribution in [0.3, 0.4) is 0 Å². The number of ether oxygens (including phenoxy) is 2. The van der Waals surface area contributed by atoms with Gasteiger partial charge in [0.1, 0.15) is 0 Å². The summed E-state index contributed by atoms with van der Waals surface area (Å²) in [5, 5.41) is 3.44. The van der Waals surface area contributed by atoms with Crippen LogP contribution < -0.4 is 14.8 Å². The number of carbonyl (C=O) groups is 1. The lowest BCUT2D eigenvalue weighted by atomic mass is 9.92. The molecule has 1 heterocycles. The van der Waals surface area contributed by atoms with Crippen molar-refractivity contribution in [3.63, 3.8) is 0 Å². The Kier molecular flexibility index (Phi) is 4.24. The number of Topliss-reactive ketones (excluding diaryl/α,β-unsaturated/α-hetero) is 1. The molecule has 0 fully saturated rings. The van der Waals surface area contributed by atoms with E-state index in [1.165, 1.54) is 0 Å². The van der Waals surface area contributed by atoms with E-state index < -0.39 is 0 Å². The van der Waals surface area contributed by atoms with Crippen LogP contribution >= 0.6 is 0 Å². The molecule has 2 aromatic carbocycles. The van der Waals surface area contributed by atoms with Crippen molar-refractivity contribution in [3.8, 4) is 11.5 Å². The van der Waals surface area contributed by atoms with Gasteiger partial charge in [0.2, 0.25) is 0 Å². The van der Waals surface area contributed by atoms with Gasteiger partial charge in [0, 0.05) is 17.7 Å². The van der Waals surface area contributed by atoms with Crippen LogP contribution in [0.25, 0.3) is 0 Å². The highest BCUT2D eigenvalue weighted by atomic mass is 16.5. The predicted octanol–water partition coefficient (Wildman–Crippen LogP) is 4.22. The van der Waals surface area contributed by atoms with Crippen LogP contribution in [0.5, 0.6) is 11.5 Å². The van der Waals surface area contributed by atoms with Crippen LogP contribution in [-0.4, -0.2) is 19.0 Å². The van der Waals surface area contributed by atoms with E-state index in [-0.39, 0.29) is 17.9 Å². The molecule has 0 saturated heterocycles. The Morgan fingerprint density at radius 3 is 2.65 bits per heavy atom. The van der Waals surface area contributed by atoms with E-state index in [0.29, 0.717) is 17.9 Å². The number of anilines is 1. The molecule has 0 amide bonds. The first-order chi connectivity index (χ1) is 11.1. The van der Waals surface area contributed by atoms with Gasteiger partial charge in [0.15, 0.2) is 17.3 Å². The summed E-state index contributed by atoms with van der Waals surface area (Å²) >= 11 is 0. The zero-order valence-electron chi connectivity index (χ0n) is 13.6. The summed E-state index contributed by atoms with van der Waals surface area (Å²) in [4.78, 5) is 12.3. The van der Waals surface area contributed by atoms with Crippen LogP contribution in [0.15, 0.2) is 42.5 Å². The molecule has 0 bridgehead atoms. The van der Waals surface area contributed by atoms with Gasteiger partial charge in [-0.2, -0.15) is 0 Å². The number of para-hydroxylation sites is 1. The Hall–Kier alpha value is -2.49. The summed E-state index contributed by atoms with van der Waals surface area (Å²) in [5.41, 5.74) is 2.66. The summed E-state index contributed by atoms with van der Waals surface area (Å²) in [5.74, 6) is 1.56. The lowest BCUT2D eigenvalue weighted by Gasteiger charge is -2.27. The van der Waals surface area contributed by atoms with E-state index in [1.54, 1.807) is 7.11 Å². The molecule has 4 heteroatoms. The SMILES string of the molecule is COc1cc(C2CC(=O)c3ccccc3N2)ccc1OC(C)C. The minimum absolute atomic E-state index is 0.0561. The molecule has 1 unspecified atom stereocenters. The maximum absolute atomic E-state index is 12.3. The van der Waals surface area contributed by atoms with Crippen LogP contribution in [-0.2, 0) is 0 Å². The molecule has 23 heavy (non-hydrogen) atoms. The Balaban J connectivity index is 1.89. The summed E-state index contributed by atoms with van der Waals surface area (Å²) in [6.45, 7) is 3.96. The van der Waals surface area contributed by atoms with Crippen LogP contribution in [0.4, 0.5) is 5.69 Å². The molecule has 1 aliphatic heterocycles. The number of rotatable bonds is 4. The molecule has 2 aromatic rings. The Labute approximate surface area is 136 Å². The van der Waals surface area contributed by atoms with Gasteiger partial charge in [0.05, 0.1) is 19.3 Å². The first kappa shape index (κ1) is 15.4. The highest BCUT2D eigenvalue weighted by Gasteiger charge is 2.25. The number of carbonyl (C=O) groups excluding carboxylic acids is 1. The fraction of sp³-hybridized carbons (Fsp3) is 0.316. The molecule has 1 atom stereocenters. The van der Waals surface area contributed by atoms with Gasteiger partial charge in [-0.15, -0.1) is 0 Å². The second-order valence-electron chi connectivity index (χ2n) is 5.95. The second kappa shape index (κ2) is 6.32. The van der Waals surface area contributed by atoms with Crippen molar-refractivity contribution < 1.29 is 14.3 Å². The molecule has 1 N–H and O–H groups in total. The predicted molar refractivity (Wildman–Crippen MR) is 90.5 cm³/mol. The van der Waals surface area contributed by atoms with Crippen LogP contribution in [0.2, 0.25) is 0 Å². The number of hydrogen-bond donors (Lipinski definition) is 1. The number of nitrogens with one attached hydrogen (secondary N) is 1. The fourth-order valence-electron chi connectivity index (χ4n) is 2.84. The van der Waals surface area contributed by atoms with Gasteiger partial charge < -0.3 is 14.8 Å². The minimum atomic E-state index is -0.0561. The lowest BCUT2D eigenvalue weighted by molar-refractivity contribution is 0.0972. The Bertz CT molecular complexity index is 724.